The predicted molar refractivity (Wildman–Crippen MR) is 118 cm³/mol. The van der Waals surface area contributed by atoms with Crippen molar-refractivity contribution in [2.24, 2.45) is 5.73 Å². The molecule has 0 fully saturated rings. The zero-order chi connectivity index (χ0) is 22.8. The van der Waals surface area contributed by atoms with E-state index in [1.807, 2.05) is 0 Å². The Morgan fingerprint density at radius 3 is 2.84 bits per heavy atom. The molecule has 9 heteroatoms. The van der Waals surface area contributed by atoms with E-state index in [0.717, 1.165) is 4.47 Å². The maximum atomic E-state index is 12.8. The molecule has 1 heterocycles. The lowest BCUT2D eigenvalue weighted by molar-refractivity contribution is -0.384. The third-order valence-corrected chi connectivity index (χ3v) is 5.90. The van der Waals surface area contributed by atoms with Gasteiger partial charge in [-0.15, -0.1) is 0 Å². The number of rotatable bonds is 5. The van der Waals surface area contributed by atoms with Gasteiger partial charge in [0, 0.05) is 40.6 Å². The van der Waals surface area contributed by atoms with Crippen molar-refractivity contribution in [3.05, 3.63) is 91.0 Å². The Morgan fingerprint density at radius 2 is 2.09 bits per heavy atom. The summed E-state index contributed by atoms with van der Waals surface area (Å²) in [7, 11) is 0. The summed E-state index contributed by atoms with van der Waals surface area (Å²) in [6, 6.07) is 13.6. The van der Waals surface area contributed by atoms with Crippen LogP contribution in [0.2, 0.25) is 0 Å². The number of nitrogens with two attached hydrogens (primary N) is 1. The van der Waals surface area contributed by atoms with Crippen LogP contribution in [-0.2, 0) is 16.1 Å². The topological polar surface area (TPSA) is 128 Å². The smallest absolute Gasteiger partial charge is 0.269 e. The average Bonchev–Trinajstić information content (AvgIpc) is 2.77. The highest BCUT2D eigenvalue weighted by molar-refractivity contribution is 9.10. The number of ketones is 1. The predicted octanol–water partition coefficient (Wildman–Crippen LogP) is 4.75. The highest BCUT2D eigenvalue weighted by atomic mass is 79.9. The first-order chi connectivity index (χ1) is 15.4. The molecule has 2 N–H and O–H groups in total. The van der Waals surface area contributed by atoms with Crippen LogP contribution in [-0.4, -0.2) is 10.7 Å². The Morgan fingerprint density at radius 1 is 1.28 bits per heavy atom. The van der Waals surface area contributed by atoms with Gasteiger partial charge in [0.15, 0.2) is 5.78 Å². The van der Waals surface area contributed by atoms with E-state index in [-0.39, 0.29) is 29.5 Å². The van der Waals surface area contributed by atoms with E-state index >= 15 is 0 Å². The zero-order valence-electron chi connectivity index (χ0n) is 16.8. The Hall–Kier alpha value is -3.64. The van der Waals surface area contributed by atoms with E-state index in [9.17, 15) is 20.2 Å². The van der Waals surface area contributed by atoms with Crippen LogP contribution in [0.25, 0.3) is 0 Å². The molecule has 4 rings (SSSR count). The van der Waals surface area contributed by atoms with E-state index < -0.39 is 10.8 Å². The van der Waals surface area contributed by atoms with Gasteiger partial charge in [0.2, 0.25) is 5.88 Å². The minimum Gasteiger partial charge on any atom is -0.489 e. The summed E-state index contributed by atoms with van der Waals surface area (Å²) in [6.45, 7) is 0.0699. The number of allylic oxidation sites excluding steroid dienone is 3. The Bertz CT molecular complexity index is 1230. The number of carbonyl (C=O) groups is 1. The van der Waals surface area contributed by atoms with Gasteiger partial charge in [-0.3, -0.25) is 14.9 Å². The van der Waals surface area contributed by atoms with Crippen molar-refractivity contribution in [1.82, 2.24) is 0 Å². The molecule has 1 aliphatic carbocycles. The molecule has 162 valence electrons. The fourth-order valence-electron chi connectivity index (χ4n) is 3.96. The van der Waals surface area contributed by atoms with Crippen molar-refractivity contribution in [3.8, 4) is 11.8 Å². The van der Waals surface area contributed by atoms with Crippen LogP contribution in [0.1, 0.15) is 36.3 Å². The van der Waals surface area contributed by atoms with Crippen LogP contribution in [0.4, 0.5) is 5.69 Å². The third kappa shape index (κ3) is 4.09. The second-order valence-corrected chi connectivity index (χ2v) is 8.35. The lowest BCUT2D eigenvalue weighted by Gasteiger charge is -2.31. The number of Topliss-reactive ketones (excluding diaryl/α,β-unsaturated/α-hetero) is 1. The number of nitro groups is 1. The number of hydrogen-bond acceptors (Lipinski definition) is 7. The molecule has 32 heavy (non-hydrogen) atoms. The third-order valence-electron chi connectivity index (χ3n) is 5.40. The minimum atomic E-state index is -0.714. The van der Waals surface area contributed by atoms with Crippen molar-refractivity contribution < 1.29 is 19.2 Å². The number of carbonyl (C=O) groups excluding carboxylic acids is 1. The first-order valence-corrected chi connectivity index (χ1v) is 10.7. The number of benzene rings is 2. The monoisotopic (exact) mass is 495 g/mol. The van der Waals surface area contributed by atoms with E-state index in [1.54, 1.807) is 30.3 Å². The summed E-state index contributed by atoms with van der Waals surface area (Å²) in [5, 5.41) is 20.9. The maximum absolute atomic E-state index is 12.8. The number of halogens is 1. The molecule has 0 spiro atoms. The molecule has 0 saturated carbocycles. The van der Waals surface area contributed by atoms with Crippen molar-refractivity contribution >= 4 is 27.4 Å². The Labute approximate surface area is 192 Å². The van der Waals surface area contributed by atoms with Gasteiger partial charge >= 0.3 is 0 Å². The van der Waals surface area contributed by atoms with Gasteiger partial charge in [-0.1, -0.05) is 28.1 Å². The molecule has 0 saturated heterocycles. The molecule has 2 aliphatic rings. The van der Waals surface area contributed by atoms with Gasteiger partial charge in [-0.25, -0.2) is 0 Å². The summed E-state index contributed by atoms with van der Waals surface area (Å²) < 4.78 is 12.4. The molecule has 0 amide bonds. The molecule has 2 aromatic carbocycles. The maximum Gasteiger partial charge on any atom is 0.269 e. The van der Waals surface area contributed by atoms with Crippen LogP contribution in [0.5, 0.6) is 5.75 Å². The van der Waals surface area contributed by atoms with Crippen molar-refractivity contribution in [3.63, 3.8) is 0 Å². The molecule has 0 unspecified atom stereocenters. The molecule has 8 nitrogen and oxygen atoms in total. The first kappa shape index (κ1) is 21.6. The van der Waals surface area contributed by atoms with E-state index in [1.165, 1.54) is 12.1 Å². The summed E-state index contributed by atoms with van der Waals surface area (Å²) in [5.74, 6) is 0.121. The number of nitro benzene ring substituents is 1. The van der Waals surface area contributed by atoms with Crippen LogP contribution >= 0.6 is 15.9 Å². The van der Waals surface area contributed by atoms with Crippen LogP contribution < -0.4 is 10.5 Å². The molecule has 1 atom stereocenters. The van der Waals surface area contributed by atoms with Gasteiger partial charge in [-0.2, -0.15) is 5.26 Å². The molecule has 0 aromatic heterocycles. The van der Waals surface area contributed by atoms with E-state index in [2.05, 4.69) is 22.0 Å². The second kappa shape index (κ2) is 8.85. The van der Waals surface area contributed by atoms with Crippen molar-refractivity contribution in [1.29, 1.82) is 5.26 Å². The minimum absolute atomic E-state index is 0.0180. The second-order valence-electron chi connectivity index (χ2n) is 7.44. The van der Waals surface area contributed by atoms with Crippen molar-refractivity contribution in [2.45, 2.75) is 31.8 Å². The molecule has 0 bridgehead atoms. The van der Waals surface area contributed by atoms with E-state index in [4.69, 9.17) is 15.2 Å². The summed E-state index contributed by atoms with van der Waals surface area (Å²) >= 11 is 3.45. The van der Waals surface area contributed by atoms with Gasteiger partial charge in [0.25, 0.3) is 5.69 Å². The molecule has 2 aromatic rings. The van der Waals surface area contributed by atoms with Crippen molar-refractivity contribution in [2.75, 3.05) is 0 Å². The van der Waals surface area contributed by atoms with E-state index in [0.29, 0.717) is 47.5 Å². The van der Waals surface area contributed by atoms with Gasteiger partial charge in [-0.05, 0) is 30.2 Å². The van der Waals surface area contributed by atoms with Gasteiger partial charge in [0.05, 0.1) is 10.8 Å². The standard InChI is InChI=1S/C23H18BrN3O5/c24-14-7-8-19(31-12-13-3-1-4-15(9-13)27(29)30)16(10-14)21-17(11-25)23(26)32-20-6-2-5-18(28)22(20)21/h1,3-4,7-10,21H,2,5-6,12,26H2/t21-/m1/s1. The summed E-state index contributed by atoms with van der Waals surface area (Å²) in [5.41, 5.74) is 7.80. The molecule has 0 radical (unpaired) electrons. The summed E-state index contributed by atoms with van der Waals surface area (Å²) in [4.78, 5) is 23.4. The lowest BCUT2D eigenvalue weighted by atomic mass is 9.77. The van der Waals surface area contributed by atoms with Gasteiger partial charge < -0.3 is 15.2 Å². The average molecular weight is 496 g/mol. The number of nitrogens with zero attached hydrogens (tertiary/aromatic N) is 2. The lowest BCUT2D eigenvalue weighted by Crippen LogP contribution is -2.27. The first-order valence-electron chi connectivity index (χ1n) is 9.88. The molecular formula is C23H18BrN3O5. The van der Waals surface area contributed by atoms with Crippen LogP contribution in [0, 0.1) is 21.4 Å². The number of non-ortho nitro benzene ring substituents is 1. The number of ether oxygens (including phenoxy) is 2. The largest absolute Gasteiger partial charge is 0.489 e. The molecular weight excluding hydrogens is 478 g/mol. The summed E-state index contributed by atoms with van der Waals surface area (Å²) in [6.07, 6.45) is 1.60. The highest BCUT2D eigenvalue weighted by Crippen LogP contribution is 2.46. The normalized spacial score (nSPS) is 18.0. The zero-order valence-corrected chi connectivity index (χ0v) is 18.4. The van der Waals surface area contributed by atoms with Gasteiger partial charge in [0.1, 0.15) is 29.8 Å². The van der Waals surface area contributed by atoms with Crippen LogP contribution in [0.3, 0.4) is 0 Å². The Kier molecular flexibility index (Phi) is 5.97. The Balaban J connectivity index is 1.75. The SMILES string of the molecule is N#CC1=C(N)OC2=C(C(=O)CCC2)[C@@H]1c1cc(Br)ccc1OCc1cccc([N+](=O)[O-])c1. The quantitative estimate of drug-likeness (QED) is 0.467. The fourth-order valence-corrected chi connectivity index (χ4v) is 4.34. The number of hydrogen-bond donors (Lipinski definition) is 1. The molecule has 1 aliphatic heterocycles. The highest BCUT2D eigenvalue weighted by Gasteiger charge is 2.39. The fraction of sp³-hybridized carbons (Fsp3) is 0.217. The van der Waals surface area contributed by atoms with Crippen LogP contribution in [0.15, 0.2) is 69.7 Å². The number of nitriles is 1.